The van der Waals surface area contributed by atoms with Crippen LogP contribution < -0.4 is 0 Å². The van der Waals surface area contributed by atoms with Crippen molar-refractivity contribution in [2.75, 3.05) is 19.7 Å². The van der Waals surface area contributed by atoms with E-state index in [1.165, 1.54) is 16.4 Å². The first-order chi connectivity index (χ1) is 8.97. The van der Waals surface area contributed by atoms with Gasteiger partial charge in [0.15, 0.2) is 0 Å². The fraction of sp³-hybridized carbons (Fsp3) is 0.385. The van der Waals surface area contributed by atoms with E-state index in [1.54, 1.807) is 13.8 Å². The summed E-state index contributed by atoms with van der Waals surface area (Å²) in [7, 11) is -3.67. The van der Waals surface area contributed by atoms with Crippen molar-refractivity contribution in [2.45, 2.75) is 18.7 Å². The number of aliphatic hydroxyl groups excluding tert-OH is 1. The van der Waals surface area contributed by atoms with Gasteiger partial charge in [0.25, 0.3) is 0 Å². The molecule has 0 aromatic heterocycles. The molecular formula is C13H16FNO3S. The molecule has 0 unspecified atom stereocenters. The molecule has 4 nitrogen and oxygen atoms in total. The van der Waals surface area contributed by atoms with Gasteiger partial charge in [-0.05, 0) is 18.2 Å². The van der Waals surface area contributed by atoms with Crippen molar-refractivity contribution < 1.29 is 17.9 Å². The van der Waals surface area contributed by atoms with Crippen LogP contribution in [0.2, 0.25) is 0 Å². The van der Waals surface area contributed by atoms with Crippen molar-refractivity contribution >= 4 is 10.0 Å². The van der Waals surface area contributed by atoms with E-state index in [0.29, 0.717) is 13.1 Å². The third kappa shape index (κ3) is 3.53. The van der Waals surface area contributed by atoms with Gasteiger partial charge in [0, 0.05) is 13.1 Å². The Morgan fingerprint density at radius 3 is 2.42 bits per heavy atom. The van der Waals surface area contributed by atoms with Gasteiger partial charge in [0.1, 0.15) is 12.4 Å². The second-order valence-electron chi connectivity index (χ2n) is 3.69. The molecule has 1 rings (SSSR count). The Kier molecular flexibility index (Phi) is 5.48. The topological polar surface area (TPSA) is 57.6 Å². The molecule has 6 heteroatoms. The molecule has 19 heavy (non-hydrogen) atoms. The zero-order chi connectivity index (χ0) is 14.5. The van der Waals surface area contributed by atoms with Crippen LogP contribution in [0.25, 0.3) is 0 Å². The second-order valence-corrected chi connectivity index (χ2v) is 5.63. The molecule has 0 amide bonds. The molecule has 0 spiro atoms. The van der Waals surface area contributed by atoms with Gasteiger partial charge in [-0.3, -0.25) is 0 Å². The summed E-state index contributed by atoms with van der Waals surface area (Å²) in [5.74, 6) is 4.02. The molecule has 0 fully saturated rings. The Morgan fingerprint density at radius 1 is 1.32 bits per heavy atom. The van der Waals surface area contributed by atoms with Crippen molar-refractivity contribution in [1.82, 2.24) is 4.31 Å². The summed E-state index contributed by atoms with van der Waals surface area (Å²) >= 11 is 0. The Bertz CT molecular complexity index is 598. The minimum atomic E-state index is -3.67. The molecule has 0 aliphatic carbocycles. The molecule has 0 radical (unpaired) electrons. The SMILES string of the molecule is CCN(CC)S(=O)(=O)c1ccc(C#CCO)c(F)c1. The molecule has 1 aromatic rings. The molecule has 1 N–H and O–H groups in total. The average Bonchev–Trinajstić information content (AvgIpc) is 2.38. The Hall–Kier alpha value is -1.42. The quantitative estimate of drug-likeness (QED) is 0.846. The van der Waals surface area contributed by atoms with Gasteiger partial charge in [-0.25, -0.2) is 12.8 Å². The van der Waals surface area contributed by atoms with E-state index in [4.69, 9.17) is 5.11 Å². The highest BCUT2D eigenvalue weighted by molar-refractivity contribution is 7.89. The highest BCUT2D eigenvalue weighted by Gasteiger charge is 2.22. The summed E-state index contributed by atoms with van der Waals surface area (Å²) in [4.78, 5) is -0.0942. The summed E-state index contributed by atoms with van der Waals surface area (Å²) in [5, 5.41) is 8.54. The van der Waals surface area contributed by atoms with Gasteiger partial charge < -0.3 is 5.11 Å². The van der Waals surface area contributed by atoms with E-state index in [0.717, 1.165) is 6.07 Å². The maximum atomic E-state index is 13.7. The minimum Gasteiger partial charge on any atom is -0.384 e. The lowest BCUT2D eigenvalue weighted by molar-refractivity contribution is 0.350. The van der Waals surface area contributed by atoms with E-state index in [-0.39, 0.29) is 17.1 Å². The molecule has 0 saturated carbocycles. The third-order valence-corrected chi connectivity index (χ3v) is 4.63. The van der Waals surface area contributed by atoms with E-state index < -0.39 is 15.8 Å². The molecule has 0 heterocycles. The predicted octanol–water partition coefficient (Wildman–Crippen LogP) is 1.20. The minimum absolute atomic E-state index is 0.0625. The lowest BCUT2D eigenvalue weighted by Crippen LogP contribution is -2.30. The smallest absolute Gasteiger partial charge is 0.243 e. The summed E-state index contributed by atoms with van der Waals surface area (Å²) in [5.41, 5.74) is 0.0625. The van der Waals surface area contributed by atoms with E-state index in [1.807, 2.05) is 0 Å². The lowest BCUT2D eigenvalue weighted by atomic mass is 10.2. The average molecular weight is 285 g/mol. The van der Waals surface area contributed by atoms with Crippen LogP contribution in [0, 0.1) is 17.7 Å². The zero-order valence-electron chi connectivity index (χ0n) is 10.9. The molecule has 1 aromatic carbocycles. The number of hydrogen-bond donors (Lipinski definition) is 1. The van der Waals surface area contributed by atoms with Crippen LogP contribution in [-0.2, 0) is 10.0 Å². The molecular weight excluding hydrogens is 269 g/mol. The van der Waals surface area contributed by atoms with Crippen LogP contribution in [0.5, 0.6) is 0 Å². The van der Waals surface area contributed by atoms with E-state index >= 15 is 0 Å². The van der Waals surface area contributed by atoms with Crippen LogP contribution in [0.1, 0.15) is 19.4 Å². The van der Waals surface area contributed by atoms with Crippen molar-refractivity contribution in [2.24, 2.45) is 0 Å². The monoisotopic (exact) mass is 285 g/mol. The van der Waals surface area contributed by atoms with Crippen molar-refractivity contribution in [3.8, 4) is 11.8 Å². The maximum absolute atomic E-state index is 13.7. The van der Waals surface area contributed by atoms with Gasteiger partial charge in [-0.2, -0.15) is 4.31 Å². The van der Waals surface area contributed by atoms with Crippen molar-refractivity contribution in [1.29, 1.82) is 0 Å². The van der Waals surface area contributed by atoms with Crippen LogP contribution >= 0.6 is 0 Å². The number of hydrogen-bond acceptors (Lipinski definition) is 3. The van der Waals surface area contributed by atoms with E-state index in [2.05, 4.69) is 11.8 Å². The summed E-state index contributed by atoms with van der Waals surface area (Å²) in [6, 6.07) is 3.57. The zero-order valence-corrected chi connectivity index (χ0v) is 11.7. The predicted molar refractivity (Wildman–Crippen MR) is 70.5 cm³/mol. The first kappa shape index (κ1) is 15.6. The normalized spacial score (nSPS) is 11.2. The van der Waals surface area contributed by atoms with Gasteiger partial charge >= 0.3 is 0 Å². The number of halogens is 1. The fourth-order valence-corrected chi connectivity index (χ4v) is 3.08. The highest BCUT2D eigenvalue weighted by atomic mass is 32.2. The first-order valence-electron chi connectivity index (χ1n) is 5.86. The lowest BCUT2D eigenvalue weighted by Gasteiger charge is -2.18. The number of benzene rings is 1. The molecule has 104 valence electrons. The number of aliphatic hydroxyl groups is 1. The van der Waals surface area contributed by atoms with Crippen LogP contribution in [-0.4, -0.2) is 37.5 Å². The Labute approximate surface area is 112 Å². The number of sulfonamides is 1. The van der Waals surface area contributed by atoms with Crippen LogP contribution in [0.3, 0.4) is 0 Å². The molecule has 0 atom stereocenters. The van der Waals surface area contributed by atoms with Gasteiger partial charge in [-0.15, -0.1) is 0 Å². The van der Waals surface area contributed by atoms with Crippen molar-refractivity contribution in [3.05, 3.63) is 29.6 Å². The summed E-state index contributed by atoms with van der Waals surface area (Å²) < 4.78 is 39.3. The molecule has 0 saturated heterocycles. The molecule has 0 aliphatic rings. The molecule has 0 bridgehead atoms. The van der Waals surface area contributed by atoms with Gasteiger partial charge in [0.05, 0.1) is 10.5 Å². The third-order valence-electron chi connectivity index (χ3n) is 2.59. The van der Waals surface area contributed by atoms with Gasteiger partial charge in [-0.1, -0.05) is 25.7 Å². The Balaban J connectivity index is 3.21. The standard InChI is InChI=1S/C13H16FNO3S/c1-3-15(4-2)19(17,18)12-8-7-11(6-5-9-16)13(14)10-12/h7-8,10,16H,3-4,9H2,1-2H3. The maximum Gasteiger partial charge on any atom is 0.243 e. The fourth-order valence-electron chi connectivity index (χ4n) is 1.61. The summed E-state index contributed by atoms with van der Waals surface area (Å²) in [6.45, 7) is 3.72. The van der Waals surface area contributed by atoms with Gasteiger partial charge in [0.2, 0.25) is 10.0 Å². The van der Waals surface area contributed by atoms with Crippen molar-refractivity contribution in [3.63, 3.8) is 0 Å². The molecule has 0 aliphatic heterocycles. The van der Waals surface area contributed by atoms with Crippen LogP contribution in [0.15, 0.2) is 23.1 Å². The number of nitrogens with zero attached hydrogens (tertiary/aromatic N) is 1. The highest BCUT2D eigenvalue weighted by Crippen LogP contribution is 2.18. The van der Waals surface area contributed by atoms with Crippen LogP contribution in [0.4, 0.5) is 4.39 Å². The first-order valence-corrected chi connectivity index (χ1v) is 7.30. The largest absolute Gasteiger partial charge is 0.384 e. The Morgan fingerprint density at radius 2 is 1.95 bits per heavy atom. The second kappa shape index (κ2) is 6.66. The summed E-state index contributed by atoms with van der Waals surface area (Å²) in [6.07, 6.45) is 0. The van der Waals surface area contributed by atoms with E-state index in [9.17, 15) is 12.8 Å². The number of rotatable bonds is 4.